The lowest BCUT2D eigenvalue weighted by atomic mass is 9.92. The van der Waals surface area contributed by atoms with Crippen molar-refractivity contribution in [1.82, 2.24) is 0 Å². The summed E-state index contributed by atoms with van der Waals surface area (Å²) in [7, 11) is 0. The van der Waals surface area contributed by atoms with Crippen molar-refractivity contribution in [2.24, 2.45) is 0 Å². The molecule has 1 nitrogen and oxygen atoms in total. The van der Waals surface area contributed by atoms with Gasteiger partial charge in [0.05, 0.1) is 11.7 Å². The molecule has 0 aromatic heterocycles. The van der Waals surface area contributed by atoms with Gasteiger partial charge in [0.1, 0.15) is 11.6 Å². The fraction of sp³-hybridized carbons (Fsp3) is 0.250. The van der Waals surface area contributed by atoms with Crippen LogP contribution in [0.2, 0.25) is 0 Å². The van der Waals surface area contributed by atoms with E-state index in [0.717, 1.165) is 17.5 Å². The molecule has 192 valence electrons. The minimum atomic E-state index is -3.04. The topological polar surface area (TPSA) is 20.2 Å². The van der Waals surface area contributed by atoms with Crippen molar-refractivity contribution in [3.8, 4) is 22.3 Å². The average Bonchev–Trinajstić information content (AvgIpc) is 2.92. The molecule has 1 N–H and O–H groups in total. The van der Waals surface area contributed by atoms with E-state index in [-0.39, 0.29) is 23.1 Å². The van der Waals surface area contributed by atoms with Crippen molar-refractivity contribution >= 4 is 0 Å². The molecular formula is C32H30F4O. The highest BCUT2D eigenvalue weighted by Gasteiger charge is 2.23. The fourth-order valence-corrected chi connectivity index (χ4v) is 4.55. The van der Waals surface area contributed by atoms with E-state index < -0.39 is 29.7 Å². The number of halogens is 4. The van der Waals surface area contributed by atoms with Gasteiger partial charge in [-0.2, -0.15) is 0 Å². The molecule has 0 saturated carbocycles. The molecule has 37 heavy (non-hydrogen) atoms. The van der Waals surface area contributed by atoms with Crippen LogP contribution < -0.4 is 0 Å². The van der Waals surface area contributed by atoms with Crippen LogP contribution in [0.25, 0.3) is 22.3 Å². The Morgan fingerprint density at radius 2 is 1.32 bits per heavy atom. The molecule has 0 saturated heterocycles. The summed E-state index contributed by atoms with van der Waals surface area (Å²) in [6.07, 6.45) is -1.33. The van der Waals surface area contributed by atoms with Crippen LogP contribution in [0.5, 0.6) is 0 Å². The number of aliphatic hydroxyl groups excluding tert-OH is 1. The largest absolute Gasteiger partial charge is 0.388 e. The molecular weight excluding hydrogens is 476 g/mol. The number of alkyl halides is 2. The highest BCUT2D eigenvalue weighted by Crippen LogP contribution is 2.37. The summed E-state index contributed by atoms with van der Waals surface area (Å²) in [6.45, 7) is 3.93. The number of hydrogen-bond acceptors (Lipinski definition) is 1. The first-order chi connectivity index (χ1) is 17.8. The van der Waals surface area contributed by atoms with Crippen LogP contribution in [-0.4, -0.2) is 5.11 Å². The van der Waals surface area contributed by atoms with Crippen LogP contribution in [0.4, 0.5) is 17.6 Å². The lowest BCUT2D eigenvalue weighted by molar-refractivity contribution is 0.147. The van der Waals surface area contributed by atoms with E-state index in [1.54, 1.807) is 24.3 Å². The van der Waals surface area contributed by atoms with Gasteiger partial charge in [-0.1, -0.05) is 86.6 Å². The Morgan fingerprint density at radius 3 is 1.92 bits per heavy atom. The Morgan fingerprint density at radius 1 is 0.703 bits per heavy atom. The lowest BCUT2D eigenvalue weighted by Gasteiger charge is -2.15. The van der Waals surface area contributed by atoms with Crippen molar-refractivity contribution in [1.29, 1.82) is 0 Å². The molecule has 1 atom stereocenters. The third-order valence-electron chi connectivity index (χ3n) is 6.87. The highest BCUT2D eigenvalue weighted by atomic mass is 19.3. The zero-order valence-electron chi connectivity index (χ0n) is 20.9. The van der Waals surface area contributed by atoms with Gasteiger partial charge in [0.2, 0.25) is 0 Å². The monoisotopic (exact) mass is 506 g/mol. The Bertz CT molecular complexity index is 1340. The minimum Gasteiger partial charge on any atom is -0.388 e. The molecule has 0 spiro atoms. The van der Waals surface area contributed by atoms with Gasteiger partial charge >= 0.3 is 0 Å². The molecule has 0 heterocycles. The summed E-state index contributed by atoms with van der Waals surface area (Å²) in [6, 6.07) is 22.0. The zero-order valence-corrected chi connectivity index (χ0v) is 20.9. The highest BCUT2D eigenvalue weighted by molar-refractivity contribution is 5.73. The summed E-state index contributed by atoms with van der Waals surface area (Å²) in [4.78, 5) is 0. The summed E-state index contributed by atoms with van der Waals surface area (Å²) in [5, 5.41) is 9.97. The predicted molar refractivity (Wildman–Crippen MR) is 141 cm³/mol. The van der Waals surface area contributed by atoms with E-state index in [1.165, 1.54) is 35.9 Å². The number of hydrogen-bond donors (Lipinski definition) is 1. The predicted octanol–water partition coefficient (Wildman–Crippen LogP) is 9.03. The summed E-state index contributed by atoms with van der Waals surface area (Å²) in [5.41, 5.74) is 3.52. The molecule has 0 radical (unpaired) electrons. The molecule has 4 aromatic carbocycles. The van der Waals surface area contributed by atoms with Crippen LogP contribution in [0, 0.1) is 11.6 Å². The van der Waals surface area contributed by atoms with Crippen LogP contribution in [0.15, 0.2) is 78.9 Å². The van der Waals surface area contributed by atoms with Gasteiger partial charge in [0, 0.05) is 5.56 Å². The van der Waals surface area contributed by atoms with Crippen molar-refractivity contribution in [3.05, 3.63) is 118 Å². The van der Waals surface area contributed by atoms with Crippen LogP contribution in [0.1, 0.15) is 60.6 Å². The molecule has 0 amide bonds. The molecule has 1 unspecified atom stereocenters. The van der Waals surface area contributed by atoms with Crippen molar-refractivity contribution in [2.75, 3.05) is 0 Å². The molecule has 4 rings (SSSR count). The maximum absolute atomic E-state index is 15.3. The van der Waals surface area contributed by atoms with E-state index in [1.807, 2.05) is 31.2 Å². The first kappa shape index (κ1) is 26.6. The molecule has 0 aliphatic heterocycles. The van der Waals surface area contributed by atoms with Gasteiger partial charge in [-0.15, -0.1) is 0 Å². The SMILES string of the molecule is CCc1ccc(CCc2ccc(-c3ccc(-c4ccc(C(O)CC)cc4)c(F)c3)c(C(F)F)c2F)cc1. The summed E-state index contributed by atoms with van der Waals surface area (Å²) in [5.74, 6) is -1.53. The normalized spacial score (nSPS) is 12.2. The Kier molecular flexibility index (Phi) is 8.45. The molecule has 0 aliphatic rings. The third kappa shape index (κ3) is 5.94. The first-order valence-electron chi connectivity index (χ1n) is 12.6. The van der Waals surface area contributed by atoms with Gasteiger partial charge in [-0.05, 0) is 70.7 Å². The van der Waals surface area contributed by atoms with Crippen LogP contribution in [0.3, 0.4) is 0 Å². The molecule has 5 heteroatoms. The maximum atomic E-state index is 15.3. The molecule has 0 bridgehead atoms. The van der Waals surface area contributed by atoms with Gasteiger partial charge < -0.3 is 5.11 Å². The smallest absolute Gasteiger partial charge is 0.267 e. The van der Waals surface area contributed by atoms with Crippen molar-refractivity contribution in [3.63, 3.8) is 0 Å². The van der Waals surface area contributed by atoms with E-state index in [9.17, 15) is 13.9 Å². The average molecular weight is 507 g/mol. The lowest BCUT2D eigenvalue weighted by Crippen LogP contribution is -2.03. The minimum absolute atomic E-state index is 0.0181. The standard InChI is InChI=1S/C32H30F4O/c1-3-20-5-7-21(8-6-20)9-10-24-15-18-27(30(31(24)34)32(35)36)25-16-17-26(28(33)19-25)22-11-13-23(14-12-22)29(37)4-2/h5-8,11-19,29,32,37H,3-4,9-10H2,1-2H3. The second kappa shape index (κ2) is 11.7. The van der Waals surface area contributed by atoms with Gasteiger partial charge in [-0.3, -0.25) is 0 Å². The van der Waals surface area contributed by atoms with E-state index in [0.29, 0.717) is 24.0 Å². The molecule has 0 fully saturated rings. The number of aryl methyl sites for hydroxylation is 3. The Labute approximate surface area is 215 Å². The zero-order chi connectivity index (χ0) is 26.5. The Balaban J connectivity index is 1.60. The van der Waals surface area contributed by atoms with Crippen molar-refractivity contribution < 1.29 is 22.7 Å². The van der Waals surface area contributed by atoms with Crippen LogP contribution >= 0.6 is 0 Å². The summed E-state index contributed by atoms with van der Waals surface area (Å²) < 4.78 is 58.4. The van der Waals surface area contributed by atoms with Gasteiger partial charge in [-0.25, -0.2) is 17.6 Å². The van der Waals surface area contributed by atoms with Gasteiger partial charge in [0.25, 0.3) is 6.43 Å². The van der Waals surface area contributed by atoms with Crippen molar-refractivity contribution in [2.45, 2.75) is 52.1 Å². The second-order valence-corrected chi connectivity index (χ2v) is 9.21. The van der Waals surface area contributed by atoms with E-state index in [2.05, 4.69) is 6.92 Å². The number of aliphatic hydroxyl groups is 1. The number of benzene rings is 4. The summed E-state index contributed by atoms with van der Waals surface area (Å²) >= 11 is 0. The molecule has 4 aromatic rings. The first-order valence-corrected chi connectivity index (χ1v) is 12.6. The molecule has 0 aliphatic carbocycles. The van der Waals surface area contributed by atoms with E-state index in [4.69, 9.17) is 0 Å². The quantitative estimate of drug-likeness (QED) is 0.225. The fourth-order valence-electron chi connectivity index (χ4n) is 4.55. The van der Waals surface area contributed by atoms with Crippen LogP contribution in [-0.2, 0) is 19.3 Å². The second-order valence-electron chi connectivity index (χ2n) is 9.21. The van der Waals surface area contributed by atoms with E-state index >= 15 is 8.78 Å². The number of rotatable bonds is 9. The van der Waals surface area contributed by atoms with Gasteiger partial charge in [0.15, 0.2) is 0 Å². The maximum Gasteiger partial charge on any atom is 0.267 e. The third-order valence-corrected chi connectivity index (χ3v) is 6.87. The Hall–Kier alpha value is -3.44.